The number of nitrogens with zero attached hydrogens (tertiary/aromatic N) is 1. The first-order chi connectivity index (χ1) is 10.5. The number of aromatic nitrogens is 1. The first-order valence-electron chi connectivity index (χ1n) is 7.55. The van der Waals surface area contributed by atoms with Crippen molar-refractivity contribution in [2.75, 3.05) is 10.6 Å². The van der Waals surface area contributed by atoms with Crippen LogP contribution >= 0.6 is 0 Å². The number of pyridine rings is 1. The third-order valence-electron chi connectivity index (χ3n) is 3.51. The summed E-state index contributed by atoms with van der Waals surface area (Å²) in [6, 6.07) is 9.86. The minimum atomic E-state index is 0.0204. The number of anilines is 3. The molecular weight excluding hydrogens is 274 g/mol. The topological polar surface area (TPSA) is 54.0 Å². The van der Waals surface area contributed by atoms with E-state index in [1.165, 1.54) is 11.1 Å². The standard InChI is InChI=1S/C18H23N3O/c1-12(2)10-18(22)20-15-8-9-17(19-11-15)21-16-7-5-6-13(3)14(16)4/h5-9,11-12H,10H2,1-4H3,(H,19,21)(H,20,22). The molecule has 1 heterocycles. The number of hydrogen-bond donors (Lipinski definition) is 2. The molecule has 0 fully saturated rings. The molecular formula is C18H23N3O. The van der Waals surface area contributed by atoms with E-state index in [9.17, 15) is 4.79 Å². The lowest BCUT2D eigenvalue weighted by atomic mass is 10.1. The molecule has 0 bridgehead atoms. The van der Waals surface area contributed by atoms with Gasteiger partial charge in [0.2, 0.25) is 5.91 Å². The Morgan fingerprint density at radius 1 is 1.18 bits per heavy atom. The number of benzene rings is 1. The second kappa shape index (κ2) is 7.07. The second-order valence-corrected chi connectivity index (χ2v) is 5.95. The van der Waals surface area contributed by atoms with Crippen molar-refractivity contribution in [1.29, 1.82) is 0 Å². The molecule has 0 aliphatic rings. The summed E-state index contributed by atoms with van der Waals surface area (Å²) in [5.41, 5.74) is 4.21. The van der Waals surface area contributed by atoms with Crippen LogP contribution in [0.3, 0.4) is 0 Å². The Bertz CT molecular complexity index is 648. The van der Waals surface area contributed by atoms with Crippen molar-refractivity contribution in [3.8, 4) is 0 Å². The van der Waals surface area contributed by atoms with Crippen LogP contribution < -0.4 is 10.6 Å². The molecule has 1 aromatic heterocycles. The smallest absolute Gasteiger partial charge is 0.224 e. The van der Waals surface area contributed by atoms with E-state index in [1.807, 2.05) is 38.1 Å². The van der Waals surface area contributed by atoms with Crippen LogP contribution in [0.15, 0.2) is 36.5 Å². The van der Waals surface area contributed by atoms with Crippen LogP contribution in [0.25, 0.3) is 0 Å². The fourth-order valence-electron chi connectivity index (χ4n) is 2.15. The van der Waals surface area contributed by atoms with Crippen LogP contribution in [-0.4, -0.2) is 10.9 Å². The Hall–Kier alpha value is -2.36. The fourth-order valence-corrected chi connectivity index (χ4v) is 2.15. The Kier molecular flexibility index (Phi) is 5.15. The van der Waals surface area contributed by atoms with Crippen LogP contribution in [0.5, 0.6) is 0 Å². The van der Waals surface area contributed by atoms with E-state index < -0.39 is 0 Å². The van der Waals surface area contributed by atoms with Gasteiger partial charge in [-0.15, -0.1) is 0 Å². The van der Waals surface area contributed by atoms with Crippen molar-refractivity contribution in [3.63, 3.8) is 0 Å². The molecule has 2 N–H and O–H groups in total. The summed E-state index contributed by atoms with van der Waals surface area (Å²) in [6.07, 6.45) is 2.19. The van der Waals surface area contributed by atoms with Crippen LogP contribution in [0, 0.1) is 19.8 Å². The van der Waals surface area contributed by atoms with Crippen LogP contribution in [0.2, 0.25) is 0 Å². The predicted octanol–water partition coefficient (Wildman–Crippen LogP) is 4.43. The molecule has 22 heavy (non-hydrogen) atoms. The zero-order valence-electron chi connectivity index (χ0n) is 13.6. The van der Waals surface area contributed by atoms with Crippen molar-refractivity contribution in [2.24, 2.45) is 5.92 Å². The lowest BCUT2D eigenvalue weighted by molar-refractivity contribution is -0.116. The average molecular weight is 297 g/mol. The average Bonchev–Trinajstić information content (AvgIpc) is 2.45. The van der Waals surface area contributed by atoms with E-state index >= 15 is 0 Å². The van der Waals surface area contributed by atoms with E-state index in [-0.39, 0.29) is 5.91 Å². The minimum absolute atomic E-state index is 0.0204. The highest BCUT2D eigenvalue weighted by Gasteiger charge is 2.06. The molecule has 2 rings (SSSR count). The molecule has 0 aliphatic carbocycles. The first kappa shape index (κ1) is 16.0. The fraction of sp³-hybridized carbons (Fsp3) is 0.333. The normalized spacial score (nSPS) is 10.6. The maximum Gasteiger partial charge on any atom is 0.224 e. The van der Waals surface area contributed by atoms with Gasteiger partial charge in [0, 0.05) is 12.1 Å². The summed E-state index contributed by atoms with van der Waals surface area (Å²) < 4.78 is 0. The maximum absolute atomic E-state index is 11.7. The number of rotatable bonds is 5. The Balaban J connectivity index is 2.03. The van der Waals surface area contributed by atoms with Crippen LogP contribution in [0.4, 0.5) is 17.2 Å². The minimum Gasteiger partial charge on any atom is -0.340 e. The lowest BCUT2D eigenvalue weighted by Gasteiger charge is -2.11. The van der Waals surface area contributed by atoms with Crippen molar-refractivity contribution in [3.05, 3.63) is 47.7 Å². The quantitative estimate of drug-likeness (QED) is 0.858. The highest BCUT2D eigenvalue weighted by atomic mass is 16.1. The third kappa shape index (κ3) is 4.32. The number of nitrogens with one attached hydrogen (secondary N) is 2. The number of hydrogen-bond acceptors (Lipinski definition) is 3. The predicted molar refractivity (Wildman–Crippen MR) is 91.5 cm³/mol. The molecule has 0 atom stereocenters. The zero-order valence-corrected chi connectivity index (χ0v) is 13.6. The van der Waals surface area contributed by atoms with Gasteiger partial charge in [0.25, 0.3) is 0 Å². The molecule has 1 aromatic carbocycles. The van der Waals surface area contributed by atoms with E-state index in [0.29, 0.717) is 12.3 Å². The number of amides is 1. The molecule has 0 spiro atoms. The van der Waals surface area contributed by atoms with Crippen molar-refractivity contribution in [1.82, 2.24) is 4.98 Å². The molecule has 116 valence electrons. The molecule has 2 aromatic rings. The molecule has 0 unspecified atom stereocenters. The second-order valence-electron chi connectivity index (χ2n) is 5.95. The van der Waals surface area contributed by atoms with Crippen molar-refractivity contribution < 1.29 is 4.79 Å². The maximum atomic E-state index is 11.7. The monoisotopic (exact) mass is 297 g/mol. The summed E-state index contributed by atoms with van der Waals surface area (Å²) in [7, 11) is 0. The van der Waals surface area contributed by atoms with Crippen molar-refractivity contribution in [2.45, 2.75) is 34.1 Å². The number of carbonyl (C=O) groups excluding carboxylic acids is 1. The van der Waals surface area contributed by atoms with Gasteiger partial charge < -0.3 is 10.6 Å². The summed E-state index contributed by atoms with van der Waals surface area (Å²) >= 11 is 0. The zero-order chi connectivity index (χ0) is 16.1. The van der Waals surface area contributed by atoms with Gasteiger partial charge >= 0.3 is 0 Å². The van der Waals surface area contributed by atoms with E-state index in [2.05, 4.69) is 35.5 Å². The molecule has 1 amide bonds. The molecule has 0 radical (unpaired) electrons. The van der Waals surface area contributed by atoms with Gasteiger partial charge in [-0.25, -0.2) is 4.98 Å². The van der Waals surface area contributed by atoms with Gasteiger partial charge in [-0.3, -0.25) is 4.79 Å². The number of aryl methyl sites for hydroxylation is 1. The SMILES string of the molecule is Cc1cccc(Nc2ccc(NC(=O)CC(C)C)cn2)c1C. The van der Waals surface area contributed by atoms with E-state index in [4.69, 9.17) is 0 Å². The van der Waals surface area contributed by atoms with Crippen LogP contribution in [0.1, 0.15) is 31.4 Å². The summed E-state index contributed by atoms with van der Waals surface area (Å²) in [5, 5.41) is 6.16. The Labute approximate surface area is 132 Å². The van der Waals surface area contributed by atoms with Gasteiger partial charge in [-0.05, 0) is 49.1 Å². The molecule has 4 nitrogen and oxygen atoms in total. The lowest BCUT2D eigenvalue weighted by Crippen LogP contribution is -2.14. The summed E-state index contributed by atoms with van der Waals surface area (Å²) in [4.78, 5) is 16.1. The summed E-state index contributed by atoms with van der Waals surface area (Å²) in [5.74, 6) is 1.13. The van der Waals surface area contributed by atoms with Gasteiger partial charge in [-0.1, -0.05) is 26.0 Å². The van der Waals surface area contributed by atoms with E-state index in [0.717, 1.165) is 17.2 Å². The molecule has 0 saturated heterocycles. The summed E-state index contributed by atoms with van der Waals surface area (Å²) in [6.45, 7) is 8.21. The van der Waals surface area contributed by atoms with E-state index in [1.54, 1.807) is 6.20 Å². The van der Waals surface area contributed by atoms with Crippen LogP contribution in [-0.2, 0) is 4.79 Å². The largest absolute Gasteiger partial charge is 0.340 e. The highest BCUT2D eigenvalue weighted by molar-refractivity contribution is 5.90. The molecule has 4 heteroatoms. The molecule has 0 aliphatic heterocycles. The van der Waals surface area contributed by atoms with Gasteiger partial charge in [0.1, 0.15) is 5.82 Å². The van der Waals surface area contributed by atoms with Gasteiger partial charge in [0.15, 0.2) is 0 Å². The third-order valence-corrected chi connectivity index (χ3v) is 3.51. The molecule has 0 saturated carbocycles. The first-order valence-corrected chi connectivity index (χ1v) is 7.55. The highest BCUT2D eigenvalue weighted by Crippen LogP contribution is 2.22. The Morgan fingerprint density at radius 3 is 2.59 bits per heavy atom. The van der Waals surface area contributed by atoms with Gasteiger partial charge in [-0.2, -0.15) is 0 Å². The Morgan fingerprint density at radius 2 is 1.95 bits per heavy atom. The number of carbonyl (C=O) groups is 1. The van der Waals surface area contributed by atoms with Gasteiger partial charge in [0.05, 0.1) is 11.9 Å². The van der Waals surface area contributed by atoms with Crippen molar-refractivity contribution >= 4 is 23.1 Å².